The Labute approximate surface area is 133 Å². The lowest BCUT2D eigenvalue weighted by Gasteiger charge is -2.09. The van der Waals surface area contributed by atoms with Gasteiger partial charge < -0.3 is 4.74 Å². The molecule has 0 aliphatic rings. The molecule has 2 aromatic carbocycles. The zero-order valence-corrected chi connectivity index (χ0v) is 13.6. The Balaban J connectivity index is 2.24. The number of hydrogen-bond acceptors (Lipinski definition) is 1. The summed E-state index contributed by atoms with van der Waals surface area (Å²) in [7, 11) is 1.66. The predicted octanol–water partition coefficient (Wildman–Crippen LogP) is 5.23. The standard InChI is InChI=1S/C17H15BrClO/c1-3-4-13-11-17(19)14(10-16(13)18)9-12-5-7-15(20-2)8-6-12/h3,5-8,10H,1,4,9H2,2H3. The van der Waals surface area contributed by atoms with Crippen LogP contribution in [0.2, 0.25) is 5.02 Å². The van der Waals surface area contributed by atoms with Crippen molar-refractivity contribution < 1.29 is 4.74 Å². The lowest BCUT2D eigenvalue weighted by Crippen LogP contribution is -1.94. The fourth-order valence-electron chi connectivity index (χ4n) is 1.96. The molecule has 20 heavy (non-hydrogen) atoms. The maximum Gasteiger partial charge on any atom is 0.118 e. The minimum atomic E-state index is 0.667. The molecule has 0 saturated carbocycles. The molecule has 1 nitrogen and oxygen atoms in total. The molecular formula is C17H15BrClO. The molecule has 0 N–H and O–H groups in total. The van der Waals surface area contributed by atoms with Crippen LogP contribution in [0, 0.1) is 6.07 Å². The van der Waals surface area contributed by atoms with Gasteiger partial charge in [-0.3, -0.25) is 0 Å². The van der Waals surface area contributed by atoms with Gasteiger partial charge in [-0.15, -0.1) is 6.58 Å². The highest BCUT2D eigenvalue weighted by Gasteiger charge is 2.08. The van der Waals surface area contributed by atoms with Crippen LogP contribution in [0.1, 0.15) is 16.7 Å². The third kappa shape index (κ3) is 3.65. The van der Waals surface area contributed by atoms with Crippen molar-refractivity contribution in [1.82, 2.24) is 0 Å². The topological polar surface area (TPSA) is 9.23 Å². The van der Waals surface area contributed by atoms with E-state index in [9.17, 15) is 0 Å². The minimum absolute atomic E-state index is 0.667. The zero-order valence-electron chi connectivity index (χ0n) is 11.2. The summed E-state index contributed by atoms with van der Waals surface area (Å²) in [5, 5.41) is 0.667. The molecule has 0 heterocycles. The molecule has 0 amide bonds. The van der Waals surface area contributed by atoms with Crippen LogP contribution in [0.3, 0.4) is 0 Å². The molecule has 0 atom stereocenters. The fraction of sp³-hybridized carbons (Fsp3) is 0.176. The van der Waals surface area contributed by atoms with Crippen molar-refractivity contribution in [3.05, 3.63) is 75.2 Å². The molecule has 0 spiro atoms. The van der Waals surface area contributed by atoms with Crippen LogP contribution in [-0.4, -0.2) is 7.11 Å². The van der Waals surface area contributed by atoms with Gasteiger partial charge in [-0.05, 0) is 47.7 Å². The summed E-state index contributed by atoms with van der Waals surface area (Å²) in [6.07, 6.45) is 3.37. The van der Waals surface area contributed by atoms with E-state index in [2.05, 4.69) is 34.6 Å². The zero-order chi connectivity index (χ0) is 14.5. The normalized spacial score (nSPS) is 10.3. The van der Waals surface area contributed by atoms with E-state index < -0.39 is 0 Å². The van der Waals surface area contributed by atoms with Gasteiger partial charge >= 0.3 is 0 Å². The van der Waals surface area contributed by atoms with E-state index >= 15 is 0 Å². The first-order valence-corrected chi connectivity index (χ1v) is 7.44. The van der Waals surface area contributed by atoms with Crippen LogP contribution in [0.25, 0.3) is 0 Å². The summed E-state index contributed by atoms with van der Waals surface area (Å²) in [6.45, 7) is 3.74. The Hall–Kier alpha value is -1.25. The van der Waals surface area contributed by atoms with E-state index in [-0.39, 0.29) is 0 Å². The van der Waals surface area contributed by atoms with Gasteiger partial charge in [-0.1, -0.05) is 45.7 Å². The highest BCUT2D eigenvalue weighted by Crippen LogP contribution is 2.28. The van der Waals surface area contributed by atoms with Crippen molar-refractivity contribution in [1.29, 1.82) is 0 Å². The van der Waals surface area contributed by atoms with Gasteiger partial charge in [0.25, 0.3) is 0 Å². The molecule has 0 saturated heterocycles. The van der Waals surface area contributed by atoms with E-state index in [1.807, 2.05) is 30.3 Å². The maximum atomic E-state index is 6.31. The van der Waals surface area contributed by atoms with Gasteiger partial charge in [0.2, 0.25) is 0 Å². The maximum absolute atomic E-state index is 6.31. The molecule has 0 fully saturated rings. The fourth-order valence-corrected chi connectivity index (χ4v) is 2.73. The largest absolute Gasteiger partial charge is 0.497 e. The lowest BCUT2D eigenvalue weighted by atomic mass is 10.0. The summed E-state index contributed by atoms with van der Waals surface area (Å²) in [5.41, 5.74) is 3.27. The summed E-state index contributed by atoms with van der Waals surface area (Å²) < 4.78 is 6.17. The van der Waals surface area contributed by atoms with Crippen molar-refractivity contribution >= 4 is 27.5 Å². The van der Waals surface area contributed by atoms with Crippen LogP contribution in [0.5, 0.6) is 5.75 Å². The van der Waals surface area contributed by atoms with Gasteiger partial charge in [0, 0.05) is 10.5 Å². The second kappa shape index (κ2) is 6.96. The third-order valence-electron chi connectivity index (χ3n) is 3.03. The molecular weight excluding hydrogens is 336 g/mol. The van der Waals surface area contributed by atoms with E-state index in [0.29, 0.717) is 5.02 Å². The summed E-state index contributed by atoms with van der Waals surface area (Å²) in [5.74, 6) is 0.855. The van der Waals surface area contributed by atoms with Crippen LogP contribution < -0.4 is 4.74 Å². The Morgan fingerprint density at radius 3 is 2.65 bits per heavy atom. The van der Waals surface area contributed by atoms with Crippen molar-refractivity contribution in [2.24, 2.45) is 0 Å². The number of hydrogen-bond donors (Lipinski definition) is 0. The van der Waals surface area contributed by atoms with Gasteiger partial charge in [0.15, 0.2) is 0 Å². The highest BCUT2D eigenvalue weighted by molar-refractivity contribution is 9.10. The number of methoxy groups -OCH3 is 1. The molecule has 3 heteroatoms. The highest BCUT2D eigenvalue weighted by atomic mass is 79.9. The van der Waals surface area contributed by atoms with Crippen molar-refractivity contribution in [2.75, 3.05) is 7.11 Å². The first kappa shape index (κ1) is 15.1. The summed E-state index contributed by atoms with van der Waals surface area (Å²) in [4.78, 5) is 0. The number of allylic oxidation sites excluding steroid dienone is 1. The van der Waals surface area contributed by atoms with Crippen molar-refractivity contribution in [3.63, 3.8) is 0 Å². The van der Waals surface area contributed by atoms with E-state index in [4.69, 9.17) is 16.3 Å². The second-order valence-electron chi connectivity index (χ2n) is 4.45. The Bertz CT molecular complexity index is 605. The quantitative estimate of drug-likeness (QED) is 0.671. The number of rotatable bonds is 5. The lowest BCUT2D eigenvalue weighted by molar-refractivity contribution is 0.414. The molecule has 0 unspecified atom stereocenters. The van der Waals surface area contributed by atoms with E-state index in [0.717, 1.165) is 34.2 Å². The molecule has 1 radical (unpaired) electrons. The molecule has 0 aliphatic heterocycles. The molecule has 0 bridgehead atoms. The number of halogens is 2. The van der Waals surface area contributed by atoms with Gasteiger partial charge in [-0.25, -0.2) is 0 Å². The summed E-state index contributed by atoms with van der Waals surface area (Å²) in [6, 6.07) is 13.3. The first-order valence-electron chi connectivity index (χ1n) is 6.27. The molecule has 103 valence electrons. The Morgan fingerprint density at radius 2 is 2.05 bits per heavy atom. The van der Waals surface area contributed by atoms with Crippen molar-refractivity contribution in [3.8, 4) is 5.75 Å². The van der Waals surface area contributed by atoms with Crippen LogP contribution in [0.4, 0.5) is 0 Å². The molecule has 0 aromatic heterocycles. The van der Waals surface area contributed by atoms with Gasteiger partial charge in [0.1, 0.15) is 5.75 Å². The van der Waals surface area contributed by atoms with Crippen molar-refractivity contribution in [2.45, 2.75) is 12.8 Å². The monoisotopic (exact) mass is 349 g/mol. The predicted molar refractivity (Wildman–Crippen MR) is 87.7 cm³/mol. The SMILES string of the molecule is C=CCc1[c]c(Cl)c(Cc2ccc(OC)cc2)cc1Br. The molecule has 2 rings (SSSR count). The van der Waals surface area contributed by atoms with Crippen LogP contribution >= 0.6 is 27.5 Å². The Kier molecular flexibility index (Phi) is 5.27. The molecule has 0 aliphatic carbocycles. The smallest absolute Gasteiger partial charge is 0.118 e. The van der Waals surface area contributed by atoms with E-state index in [1.54, 1.807) is 7.11 Å². The third-order valence-corrected chi connectivity index (χ3v) is 4.08. The second-order valence-corrected chi connectivity index (χ2v) is 5.69. The van der Waals surface area contributed by atoms with Gasteiger partial charge in [-0.2, -0.15) is 0 Å². The first-order chi connectivity index (χ1) is 9.63. The summed E-state index contributed by atoms with van der Waals surface area (Å²) >= 11 is 9.87. The van der Waals surface area contributed by atoms with Gasteiger partial charge in [0.05, 0.1) is 12.1 Å². The number of ether oxygens (including phenoxy) is 1. The Morgan fingerprint density at radius 1 is 1.35 bits per heavy atom. The average Bonchev–Trinajstić information content (AvgIpc) is 2.45. The number of benzene rings is 2. The van der Waals surface area contributed by atoms with Crippen LogP contribution in [-0.2, 0) is 12.8 Å². The van der Waals surface area contributed by atoms with Crippen LogP contribution in [0.15, 0.2) is 47.5 Å². The average molecular weight is 351 g/mol. The van der Waals surface area contributed by atoms with E-state index in [1.165, 1.54) is 5.56 Å². The molecule has 2 aromatic rings. The minimum Gasteiger partial charge on any atom is -0.497 e.